The first-order valence-corrected chi connectivity index (χ1v) is 6.48. The first kappa shape index (κ1) is 12.9. The Labute approximate surface area is 99.0 Å². The molecule has 0 saturated heterocycles. The molecule has 0 fully saturated rings. The molecule has 0 aliphatic rings. The molecule has 0 unspecified atom stereocenters. The second kappa shape index (κ2) is 5.27. The summed E-state index contributed by atoms with van der Waals surface area (Å²) < 4.78 is 24.1. The fourth-order valence-corrected chi connectivity index (χ4v) is 2.51. The van der Waals surface area contributed by atoms with Gasteiger partial charge in [0.15, 0.2) is 0 Å². The molecule has 7 heteroatoms. The Bertz CT molecular complexity index is 458. The normalized spacial score (nSPS) is 11.1. The van der Waals surface area contributed by atoms with Gasteiger partial charge in [-0.15, -0.1) is 20.9 Å². The summed E-state index contributed by atoms with van der Waals surface area (Å²) in [6, 6.07) is 6.15. The van der Waals surface area contributed by atoms with Crippen LogP contribution < -0.4 is 0 Å². The van der Waals surface area contributed by atoms with Crippen LogP contribution in [0.2, 0.25) is 0 Å². The predicted molar refractivity (Wildman–Crippen MR) is 61.6 cm³/mol. The highest BCUT2D eigenvalue weighted by Gasteiger charge is 2.23. The topological polar surface area (TPSA) is 66.8 Å². The van der Waals surface area contributed by atoms with Crippen LogP contribution in [0.5, 0.6) is 0 Å². The fraction of sp³-hybridized carbons (Fsp3) is 0.333. The molecule has 1 aromatic rings. The van der Waals surface area contributed by atoms with Crippen molar-refractivity contribution in [3.8, 4) is 0 Å². The molecule has 88 valence electrons. The Hall–Kier alpha value is -1.14. The SMILES string of the molecule is Cc1ccc(S(=O)(=O)N(CCCl)N=O)cc1. The van der Waals surface area contributed by atoms with Gasteiger partial charge in [0.05, 0.1) is 16.7 Å². The van der Waals surface area contributed by atoms with Crippen LogP contribution >= 0.6 is 11.6 Å². The summed E-state index contributed by atoms with van der Waals surface area (Å²) in [6.07, 6.45) is 0. The van der Waals surface area contributed by atoms with Crippen molar-refractivity contribution in [2.45, 2.75) is 11.8 Å². The average molecular weight is 263 g/mol. The molecule has 1 rings (SSSR count). The van der Waals surface area contributed by atoms with E-state index in [0.717, 1.165) is 5.56 Å². The maximum Gasteiger partial charge on any atom is 0.281 e. The van der Waals surface area contributed by atoms with Gasteiger partial charge in [0.25, 0.3) is 10.0 Å². The van der Waals surface area contributed by atoms with Crippen LogP contribution in [-0.4, -0.2) is 25.3 Å². The van der Waals surface area contributed by atoms with Gasteiger partial charge in [0.2, 0.25) is 0 Å². The van der Waals surface area contributed by atoms with Crippen LogP contribution in [0, 0.1) is 11.8 Å². The molecule has 0 radical (unpaired) electrons. The third-order valence-corrected chi connectivity index (χ3v) is 3.80. The zero-order chi connectivity index (χ0) is 12.2. The van der Waals surface area contributed by atoms with Crippen molar-refractivity contribution in [2.75, 3.05) is 12.4 Å². The van der Waals surface area contributed by atoms with Gasteiger partial charge in [-0.25, -0.2) is 0 Å². The van der Waals surface area contributed by atoms with Gasteiger partial charge in [-0.05, 0) is 19.1 Å². The molecule has 0 N–H and O–H groups in total. The summed E-state index contributed by atoms with van der Waals surface area (Å²) in [6.45, 7) is 1.70. The molecule has 16 heavy (non-hydrogen) atoms. The number of sulfonamides is 1. The molecule has 0 aliphatic carbocycles. The van der Waals surface area contributed by atoms with Crippen LogP contribution in [0.1, 0.15) is 5.56 Å². The van der Waals surface area contributed by atoms with Crippen LogP contribution in [0.25, 0.3) is 0 Å². The van der Waals surface area contributed by atoms with E-state index in [1.165, 1.54) is 12.1 Å². The predicted octanol–water partition coefficient (Wildman–Crippen LogP) is 1.91. The van der Waals surface area contributed by atoms with Crippen molar-refractivity contribution in [3.05, 3.63) is 34.7 Å². The first-order chi connectivity index (χ1) is 7.52. The van der Waals surface area contributed by atoms with E-state index in [1.807, 2.05) is 6.92 Å². The molecule has 5 nitrogen and oxygen atoms in total. The summed E-state index contributed by atoms with van der Waals surface area (Å²) in [7, 11) is -3.86. The quantitative estimate of drug-likeness (QED) is 0.462. The van der Waals surface area contributed by atoms with Crippen LogP contribution in [-0.2, 0) is 10.0 Å². The van der Waals surface area contributed by atoms with Gasteiger partial charge in [-0.1, -0.05) is 17.7 Å². The first-order valence-electron chi connectivity index (χ1n) is 4.51. The number of rotatable bonds is 5. The molecular formula is C9H11ClN2O3S. The van der Waals surface area contributed by atoms with E-state index < -0.39 is 10.0 Å². The number of hydrogen-bond donors (Lipinski definition) is 0. The molecule has 1 aromatic carbocycles. The molecule has 0 aromatic heterocycles. The van der Waals surface area contributed by atoms with Gasteiger partial charge in [-0.3, -0.25) is 0 Å². The van der Waals surface area contributed by atoms with Crippen molar-refractivity contribution in [1.82, 2.24) is 4.41 Å². The Morgan fingerprint density at radius 1 is 1.31 bits per heavy atom. The van der Waals surface area contributed by atoms with Crippen LogP contribution in [0.3, 0.4) is 0 Å². The van der Waals surface area contributed by atoms with Crippen LogP contribution in [0.15, 0.2) is 34.4 Å². The van der Waals surface area contributed by atoms with Gasteiger partial charge < -0.3 is 0 Å². The third kappa shape index (κ3) is 2.70. The summed E-state index contributed by atoms with van der Waals surface area (Å²) in [5, 5.41) is 2.46. The maximum atomic E-state index is 11.8. The molecule has 0 amide bonds. The second-order valence-corrected chi connectivity index (χ2v) is 5.36. The summed E-state index contributed by atoms with van der Waals surface area (Å²) in [5.74, 6) is 0.0107. The van der Waals surface area contributed by atoms with E-state index >= 15 is 0 Å². The van der Waals surface area contributed by atoms with E-state index in [2.05, 4.69) is 5.29 Å². The van der Waals surface area contributed by atoms with E-state index in [4.69, 9.17) is 11.6 Å². The largest absolute Gasteiger partial charge is 0.281 e. The minimum absolute atomic E-state index is 0.0107. The zero-order valence-corrected chi connectivity index (χ0v) is 10.2. The Kier molecular flexibility index (Phi) is 4.26. The molecule has 0 aliphatic heterocycles. The Morgan fingerprint density at radius 2 is 1.88 bits per heavy atom. The lowest BCUT2D eigenvalue weighted by Crippen LogP contribution is -2.27. The third-order valence-electron chi connectivity index (χ3n) is 1.96. The lowest BCUT2D eigenvalue weighted by atomic mass is 10.2. The zero-order valence-electron chi connectivity index (χ0n) is 8.63. The number of benzene rings is 1. The Morgan fingerprint density at radius 3 is 2.31 bits per heavy atom. The lowest BCUT2D eigenvalue weighted by Gasteiger charge is -2.13. The van der Waals surface area contributed by atoms with Gasteiger partial charge in [0.1, 0.15) is 0 Å². The summed E-state index contributed by atoms with van der Waals surface area (Å²) in [5.41, 5.74) is 0.932. The second-order valence-electron chi connectivity index (χ2n) is 3.13. The molecule has 0 atom stereocenters. The van der Waals surface area contributed by atoms with E-state index in [-0.39, 0.29) is 17.3 Å². The number of hydrogen-bond acceptors (Lipinski definition) is 4. The highest BCUT2D eigenvalue weighted by Crippen LogP contribution is 2.16. The number of nitrogens with zero attached hydrogens (tertiary/aromatic N) is 2. The van der Waals surface area contributed by atoms with E-state index in [1.54, 1.807) is 12.1 Å². The molecule has 0 saturated carbocycles. The number of halogens is 1. The van der Waals surface area contributed by atoms with Crippen molar-refractivity contribution in [3.63, 3.8) is 0 Å². The maximum absolute atomic E-state index is 11.8. The summed E-state index contributed by atoms with van der Waals surface area (Å²) in [4.78, 5) is 10.5. The van der Waals surface area contributed by atoms with E-state index in [0.29, 0.717) is 4.41 Å². The van der Waals surface area contributed by atoms with Crippen molar-refractivity contribution in [1.29, 1.82) is 0 Å². The van der Waals surface area contributed by atoms with Crippen LogP contribution in [0.4, 0.5) is 0 Å². The minimum atomic E-state index is -3.86. The van der Waals surface area contributed by atoms with Gasteiger partial charge >= 0.3 is 0 Å². The molecule has 0 spiro atoms. The van der Waals surface area contributed by atoms with Crippen molar-refractivity contribution >= 4 is 21.6 Å². The van der Waals surface area contributed by atoms with Gasteiger partial charge in [0, 0.05) is 5.88 Å². The number of nitroso groups, excluding NO2 is 1. The van der Waals surface area contributed by atoms with E-state index in [9.17, 15) is 13.3 Å². The van der Waals surface area contributed by atoms with Crippen molar-refractivity contribution in [2.24, 2.45) is 5.29 Å². The highest BCUT2D eigenvalue weighted by atomic mass is 35.5. The minimum Gasteiger partial charge on any atom is -0.200 e. The standard InChI is InChI=1S/C9H11ClN2O3S/c1-8-2-4-9(5-3-8)16(14,15)12(11-13)7-6-10/h2-5H,6-7H2,1H3. The molecular weight excluding hydrogens is 252 g/mol. The molecule has 0 bridgehead atoms. The monoisotopic (exact) mass is 262 g/mol. The van der Waals surface area contributed by atoms with Gasteiger partial charge in [-0.2, -0.15) is 8.42 Å². The fourth-order valence-electron chi connectivity index (χ4n) is 1.11. The highest BCUT2D eigenvalue weighted by molar-refractivity contribution is 7.89. The number of aryl methyl sites for hydroxylation is 1. The average Bonchev–Trinajstić information content (AvgIpc) is 2.26. The number of alkyl halides is 1. The summed E-state index contributed by atoms with van der Waals surface area (Å²) >= 11 is 5.39. The lowest BCUT2D eigenvalue weighted by molar-refractivity contribution is 0.445. The molecule has 0 heterocycles. The Balaban J connectivity index is 3.09. The smallest absolute Gasteiger partial charge is 0.200 e. The van der Waals surface area contributed by atoms with Crippen molar-refractivity contribution < 1.29 is 8.42 Å².